The average molecular weight is 310 g/mol. The number of aromatic nitrogens is 1. The minimum Gasteiger partial charge on any atom is -0.351 e. The van der Waals surface area contributed by atoms with Crippen molar-refractivity contribution in [3.63, 3.8) is 0 Å². The van der Waals surface area contributed by atoms with Crippen LogP contribution in [0.3, 0.4) is 0 Å². The minimum atomic E-state index is -0.683. The summed E-state index contributed by atoms with van der Waals surface area (Å²) in [5.74, 6) is -1.30. The van der Waals surface area contributed by atoms with Gasteiger partial charge in [0.25, 0.3) is 5.91 Å². The Morgan fingerprint density at radius 3 is 2.52 bits per heavy atom. The number of carbonyl (C=O) groups excluding carboxylic acids is 1. The molecule has 0 unspecified atom stereocenters. The molecule has 1 aromatic heterocycles. The van der Waals surface area contributed by atoms with Gasteiger partial charge in [-0.25, -0.2) is 13.8 Å². The van der Waals surface area contributed by atoms with E-state index in [0.29, 0.717) is 23.0 Å². The largest absolute Gasteiger partial charge is 0.351 e. The van der Waals surface area contributed by atoms with E-state index in [2.05, 4.69) is 10.3 Å². The molecule has 0 radical (unpaired) electrons. The second kappa shape index (κ2) is 6.30. The van der Waals surface area contributed by atoms with Crippen molar-refractivity contribution < 1.29 is 13.6 Å². The van der Waals surface area contributed by atoms with Crippen molar-refractivity contribution >= 4 is 17.2 Å². The van der Waals surface area contributed by atoms with Crippen LogP contribution >= 0.6 is 11.3 Å². The molecule has 1 N–H and O–H groups in total. The molecule has 1 amide bonds. The number of benzene rings is 1. The number of hydrogen-bond acceptors (Lipinski definition) is 3. The smallest absolute Gasteiger partial charge is 0.263 e. The Morgan fingerprint density at radius 1 is 1.33 bits per heavy atom. The average Bonchev–Trinajstić information content (AvgIpc) is 2.77. The zero-order chi connectivity index (χ0) is 15.6. The third-order valence-corrected chi connectivity index (χ3v) is 4.02. The highest BCUT2D eigenvalue weighted by molar-refractivity contribution is 7.17. The second-order valence-electron chi connectivity index (χ2n) is 5.13. The van der Waals surface area contributed by atoms with Gasteiger partial charge in [-0.2, -0.15) is 0 Å². The summed E-state index contributed by atoms with van der Waals surface area (Å²) in [5.41, 5.74) is 0.285. The third-order valence-electron chi connectivity index (χ3n) is 2.85. The topological polar surface area (TPSA) is 42.0 Å². The number of rotatable bonds is 4. The molecule has 0 atom stereocenters. The van der Waals surface area contributed by atoms with Gasteiger partial charge >= 0.3 is 0 Å². The maximum absolute atomic E-state index is 13.8. The van der Waals surface area contributed by atoms with Gasteiger partial charge in [0, 0.05) is 6.54 Å². The van der Waals surface area contributed by atoms with E-state index in [-0.39, 0.29) is 16.5 Å². The number of aryl methyl sites for hydroxylation is 1. The van der Waals surface area contributed by atoms with Crippen molar-refractivity contribution in [1.29, 1.82) is 0 Å². The highest BCUT2D eigenvalue weighted by atomic mass is 32.1. The zero-order valence-electron chi connectivity index (χ0n) is 12.0. The standard InChI is InChI=1S/C15H16F2N2OS/c1-8(2)7-18-14(20)13-9(3)19-15(21-13)12-10(16)5-4-6-11(12)17/h4-6,8H,7H2,1-3H3,(H,18,20). The van der Waals surface area contributed by atoms with Crippen LogP contribution in [-0.2, 0) is 0 Å². The summed E-state index contributed by atoms with van der Waals surface area (Å²) in [4.78, 5) is 16.6. The molecular formula is C15H16F2N2OS. The van der Waals surface area contributed by atoms with E-state index >= 15 is 0 Å². The normalized spacial score (nSPS) is 11.0. The lowest BCUT2D eigenvalue weighted by Crippen LogP contribution is -2.27. The van der Waals surface area contributed by atoms with E-state index < -0.39 is 11.6 Å². The molecule has 0 saturated heterocycles. The molecule has 6 heteroatoms. The summed E-state index contributed by atoms with van der Waals surface area (Å²) in [6.07, 6.45) is 0. The lowest BCUT2D eigenvalue weighted by molar-refractivity contribution is 0.0952. The fraction of sp³-hybridized carbons (Fsp3) is 0.333. The maximum atomic E-state index is 13.8. The summed E-state index contributed by atoms with van der Waals surface area (Å²) in [6.45, 7) is 6.17. The molecule has 112 valence electrons. The van der Waals surface area contributed by atoms with E-state index in [1.54, 1.807) is 6.92 Å². The maximum Gasteiger partial charge on any atom is 0.263 e. The third kappa shape index (κ3) is 3.44. The second-order valence-corrected chi connectivity index (χ2v) is 6.13. The molecule has 0 spiro atoms. The monoisotopic (exact) mass is 310 g/mol. The summed E-state index contributed by atoms with van der Waals surface area (Å²) in [6, 6.07) is 3.65. The van der Waals surface area contributed by atoms with Crippen LogP contribution in [-0.4, -0.2) is 17.4 Å². The fourth-order valence-corrected chi connectivity index (χ4v) is 2.82. The molecule has 21 heavy (non-hydrogen) atoms. The lowest BCUT2D eigenvalue weighted by Gasteiger charge is -2.06. The minimum absolute atomic E-state index is 0.179. The Morgan fingerprint density at radius 2 is 1.95 bits per heavy atom. The highest BCUT2D eigenvalue weighted by Gasteiger charge is 2.20. The molecule has 0 aliphatic carbocycles. The van der Waals surface area contributed by atoms with Gasteiger partial charge < -0.3 is 5.32 Å². The number of nitrogens with zero attached hydrogens (tertiary/aromatic N) is 1. The Bertz CT molecular complexity index is 647. The number of halogens is 2. The molecule has 0 aliphatic heterocycles. The summed E-state index contributed by atoms with van der Waals surface area (Å²) >= 11 is 0.998. The van der Waals surface area contributed by atoms with E-state index in [9.17, 15) is 13.6 Å². The van der Waals surface area contributed by atoms with Gasteiger partial charge in [0.1, 0.15) is 21.5 Å². The van der Waals surface area contributed by atoms with Gasteiger partial charge in [-0.3, -0.25) is 4.79 Å². The molecule has 2 rings (SSSR count). The van der Waals surface area contributed by atoms with Crippen LogP contribution in [0.25, 0.3) is 10.6 Å². The predicted octanol–water partition coefficient (Wildman–Crippen LogP) is 3.78. The van der Waals surface area contributed by atoms with Crippen molar-refractivity contribution in [3.8, 4) is 10.6 Å². The van der Waals surface area contributed by atoms with Gasteiger partial charge in [-0.05, 0) is 25.0 Å². The molecule has 0 bridgehead atoms. The Balaban J connectivity index is 2.33. The molecule has 2 aromatic rings. The van der Waals surface area contributed by atoms with Gasteiger partial charge in [0.15, 0.2) is 0 Å². The van der Waals surface area contributed by atoms with E-state index in [1.165, 1.54) is 18.2 Å². The number of carbonyl (C=O) groups is 1. The molecular weight excluding hydrogens is 294 g/mol. The van der Waals surface area contributed by atoms with E-state index in [4.69, 9.17) is 0 Å². The van der Waals surface area contributed by atoms with Crippen molar-refractivity contribution in [1.82, 2.24) is 10.3 Å². The first kappa shape index (κ1) is 15.6. The first-order valence-electron chi connectivity index (χ1n) is 6.60. The molecule has 0 aliphatic rings. The number of amides is 1. The highest BCUT2D eigenvalue weighted by Crippen LogP contribution is 2.31. The number of hydrogen-bond donors (Lipinski definition) is 1. The number of thiazole rings is 1. The van der Waals surface area contributed by atoms with Crippen molar-refractivity contribution in [2.24, 2.45) is 5.92 Å². The fourth-order valence-electron chi connectivity index (χ4n) is 1.79. The quantitative estimate of drug-likeness (QED) is 0.933. The first-order chi connectivity index (χ1) is 9.90. The Kier molecular flexibility index (Phi) is 4.67. The van der Waals surface area contributed by atoms with Crippen LogP contribution in [0.2, 0.25) is 0 Å². The first-order valence-corrected chi connectivity index (χ1v) is 7.41. The summed E-state index contributed by atoms with van der Waals surface area (Å²) < 4.78 is 27.5. The summed E-state index contributed by atoms with van der Waals surface area (Å²) in [7, 11) is 0. The molecule has 0 fully saturated rings. The molecule has 3 nitrogen and oxygen atoms in total. The van der Waals surface area contributed by atoms with Crippen LogP contribution in [0.15, 0.2) is 18.2 Å². The Labute approximate surface area is 126 Å². The van der Waals surface area contributed by atoms with Crippen LogP contribution in [0.5, 0.6) is 0 Å². The Hall–Kier alpha value is -1.82. The SMILES string of the molecule is Cc1nc(-c2c(F)cccc2F)sc1C(=O)NCC(C)C. The zero-order valence-corrected chi connectivity index (χ0v) is 12.9. The van der Waals surface area contributed by atoms with Crippen molar-refractivity contribution in [2.75, 3.05) is 6.54 Å². The molecule has 0 saturated carbocycles. The van der Waals surface area contributed by atoms with E-state index in [0.717, 1.165) is 11.3 Å². The van der Waals surface area contributed by atoms with Gasteiger partial charge in [-0.15, -0.1) is 11.3 Å². The van der Waals surface area contributed by atoms with Gasteiger partial charge in [0.05, 0.1) is 11.3 Å². The lowest BCUT2D eigenvalue weighted by atomic mass is 10.2. The van der Waals surface area contributed by atoms with Crippen LogP contribution in [0, 0.1) is 24.5 Å². The molecule has 1 aromatic carbocycles. The van der Waals surface area contributed by atoms with E-state index in [1.807, 2.05) is 13.8 Å². The van der Waals surface area contributed by atoms with Crippen LogP contribution in [0.4, 0.5) is 8.78 Å². The van der Waals surface area contributed by atoms with Crippen LogP contribution in [0.1, 0.15) is 29.2 Å². The predicted molar refractivity (Wildman–Crippen MR) is 79.4 cm³/mol. The summed E-state index contributed by atoms with van der Waals surface area (Å²) in [5, 5.41) is 2.96. The van der Waals surface area contributed by atoms with Crippen molar-refractivity contribution in [3.05, 3.63) is 40.4 Å². The number of nitrogens with one attached hydrogen (secondary N) is 1. The van der Waals surface area contributed by atoms with Gasteiger partial charge in [-0.1, -0.05) is 19.9 Å². The van der Waals surface area contributed by atoms with Crippen molar-refractivity contribution in [2.45, 2.75) is 20.8 Å². The van der Waals surface area contributed by atoms with Crippen LogP contribution < -0.4 is 5.32 Å². The molecule has 1 heterocycles. The van der Waals surface area contributed by atoms with Gasteiger partial charge in [0.2, 0.25) is 0 Å².